The molecule has 1 unspecified atom stereocenters. The molecule has 13 heavy (non-hydrogen) atoms. The first-order valence-electron chi connectivity index (χ1n) is 4.43. The third-order valence-electron chi connectivity index (χ3n) is 1.63. The van der Waals surface area contributed by atoms with Crippen LogP contribution in [0.2, 0.25) is 0 Å². The van der Waals surface area contributed by atoms with Gasteiger partial charge in [-0.3, -0.25) is 0 Å². The summed E-state index contributed by atoms with van der Waals surface area (Å²) in [6, 6.07) is 9.97. The van der Waals surface area contributed by atoms with E-state index in [-0.39, 0.29) is 6.29 Å². The van der Waals surface area contributed by atoms with Crippen molar-refractivity contribution in [1.29, 1.82) is 0 Å². The van der Waals surface area contributed by atoms with Gasteiger partial charge in [0.15, 0.2) is 6.29 Å². The molecule has 1 atom stereocenters. The van der Waals surface area contributed by atoms with E-state index in [4.69, 9.17) is 9.47 Å². The zero-order valence-electron chi connectivity index (χ0n) is 7.90. The van der Waals surface area contributed by atoms with E-state index in [1.54, 1.807) is 0 Å². The lowest BCUT2D eigenvalue weighted by atomic mass is 10.2. The van der Waals surface area contributed by atoms with E-state index in [9.17, 15) is 0 Å². The molecule has 0 fully saturated rings. The molecule has 71 valence electrons. The molecule has 0 heterocycles. The van der Waals surface area contributed by atoms with Gasteiger partial charge in [0.25, 0.3) is 0 Å². The molecule has 0 aliphatic carbocycles. The molecule has 0 aliphatic rings. The summed E-state index contributed by atoms with van der Waals surface area (Å²) in [6.45, 7) is 6.80. The average Bonchev–Trinajstić information content (AvgIpc) is 2.17. The summed E-state index contributed by atoms with van der Waals surface area (Å²) in [5.41, 5.74) is 1.14. The molecule has 0 aromatic heterocycles. The van der Waals surface area contributed by atoms with Crippen LogP contribution in [0.5, 0.6) is 0 Å². The van der Waals surface area contributed by atoms with Gasteiger partial charge >= 0.3 is 0 Å². The molecule has 1 rings (SSSR count). The van der Waals surface area contributed by atoms with E-state index >= 15 is 0 Å². The predicted molar refractivity (Wildman–Crippen MR) is 52.0 cm³/mol. The molecular weight excluding hydrogens is 164 g/mol. The third-order valence-corrected chi connectivity index (χ3v) is 1.63. The van der Waals surface area contributed by atoms with Crippen LogP contribution in [0.15, 0.2) is 30.3 Å². The van der Waals surface area contributed by atoms with Gasteiger partial charge in [-0.2, -0.15) is 0 Å². The van der Waals surface area contributed by atoms with Gasteiger partial charge in [0, 0.05) is 13.5 Å². The molecule has 0 aliphatic heterocycles. The molecule has 2 heteroatoms. The SMILES string of the molecule is [CH2]C(OCC)OCc1ccccc1. The normalized spacial score (nSPS) is 12.8. The van der Waals surface area contributed by atoms with Crippen LogP contribution in [-0.4, -0.2) is 12.9 Å². The Morgan fingerprint density at radius 1 is 1.23 bits per heavy atom. The van der Waals surface area contributed by atoms with E-state index in [1.165, 1.54) is 0 Å². The van der Waals surface area contributed by atoms with Crippen molar-refractivity contribution < 1.29 is 9.47 Å². The first-order valence-corrected chi connectivity index (χ1v) is 4.43. The van der Waals surface area contributed by atoms with Crippen molar-refractivity contribution in [1.82, 2.24) is 0 Å². The van der Waals surface area contributed by atoms with Gasteiger partial charge in [-0.1, -0.05) is 30.3 Å². The van der Waals surface area contributed by atoms with E-state index in [0.29, 0.717) is 13.2 Å². The molecule has 0 saturated heterocycles. The lowest BCUT2D eigenvalue weighted by Gasteiger charge is -2.12. The van der Waals surface area contributed by atoms with Gasteiger partial charge in [-0.15, -0.1) is 0 Å². The van der Waals surface area contributed by atoms with E-state index in [2.05, 4.69) is 6.92 Å². The van der Waals surface area contributed by atoms with Crippen molar-refractivity contribution in [3.63, 3.8) is 0 Å². The maximum Gasteiger partial charge on any atom is 0.158 e. The fraction of sp³-hybridized carbons (Fsp3) is 0.364. The van der Waals surface area contributed by atoms with Crippen molar-refractivity contribution in [2.75, 3.05) is 6.61 Å². The summed E-state index contributed by atoms with van der Waals surface area (Å²) in [6.07, 6.45) is -0.370. The van der Waals surface area contributed by atoms with Crippen LogP contribution in [-0.2, 0) is 16.1 Å². The van der Waals surface area contributed by atoms with Crippen LogP contribution in [0.1, 0.15) is 12.5 Å². The number of benzene rings is 1. The van der Waals surface area contributed by atoms with Gasteiger partial charge in [0.05, 0.1) is 6.61 Å². The molecule has 0 saturated carbocycles. The van der Waals surface area contributed by atoms with Crippen molar-refractivity contribution in [2.45, 2.75) is 19.8 Å². The van der Waals surface area contributed by atoms with E-state index < -0.39 is 0 Å². The highest BCUT2D eigenvalue weighted by atomic mass is 16.7. The minimum atomic E-state index is -0.370. The standard InChI is InChI=1S/C11H15O2/c1-3-12-10(2)13-9-11-7-5-4-6-8-11/h4-8,10H,2-3,9H2,1H3. The van der Waals surface area contributed by atoms with Gasteiger partial charge in [-0.05, 0) is 12.5 Å². The van der Waals surface area contributed by atoms with E-state index in [1.807, 2.05) is 37.3 Å². The fourth-order valence-corrected chi connectivity index (χ4v) is 0.997. The van der Waals surface area contributed by atoms with Crippen LogP contribution in [0.4, 0.5) is 0 Å². The third kappa shape index (κ3) is 4.06. The van der Waals surface area contributed by atoms with Crippen LogP contribution in [0, 0.1) is 6.92 Å². The molecule has 0 N–H and O–H groups in total. The van der Waals surface area contributed by atoms with Crippen molar-refractivity contribution in [3.05, 3.63) is 42.8 Å². The Balaban J connectivity index is 2.27. The molecule has 1 aromatic carbocycles. The molecule has 1 radical (unpaired) electrons. The highest BCUT2D eigenvalue weighted by Gasteiger charge is 2.00. The van der Waals surface area contributed by atoms with E-state index in [0.717, 1.165) is 5.56 Å². The molecule has 1 aromatic rings. The Morgan fingerprint density at radius 2 is 1.92 bits per heavy atom. The Hall–Kier alpha value is -0.860. The molecule has 2 nitrogen and oxygen atoms in total. The summed E-state index contributed by atoms with van der Waals surface area (Å²) in [5, 5.41) is 0. The Labute approximate surface area is 79.5 Å². The summed E-state index contributed by atoms with van der Waals surface area (Å²) in [5.74, 6) is 0. The van der Waals surface area contributed by atoms with Gasteiger partial charge in [0.1, 0.15) is 0 Å². The number of rotatable bonds is 5. The second-order valence-corrected chi connectivity index (χ2v) is 2.68. The highest BCUT2D eigenvalue weighted by Crippen LogP contribution is 2.03. The smallest absolute Gasteiger partial charge is 0.158 e. The lowest BCUT2D eigenvalue weighted by Crippen LogP contribution is -2.12. The maximum absolute atomic E-state index is 5.34. The Bertz CT molecular complexity index is 221. The van der Waals surface area contributed by atoms with Crippen molar-refractivity contribution >= 4 is 0 Å². The zero-order chi connectivity index (χ0) is 9.52. The molecule has 0 spiro atoms. The van der Waals surface area contributed by atoms with Crippen molar-refractivity contribution in [3.8, 4) is 0 Å². The minimum absolute atomic E-state index is 0.370. The largest absolute Gasteiger partial charge is 0.353 e. The van der Waals surface area contributed by atoms with Crippen LogP contribution >= 0.6 is 0 Å². The summed E-state index contributed by atoms with van der Waals surface area (Å²) in [7, 11) is 0. The maximum atomic E-state index is 5.34. The van der Waals surface area contributed by atoms with Gasteiger partial charge < -0.3 is 9.47 Å². The topological polar surface area (TPSA) is 18.5 Å². The first kappa shape index (κ1) is 10.2. The predicted octanol–water partition coefficient (Wildman–Crippen LogP) is 2.40. The fourth-order valence-electron chi connectivity index (χ4n) is 0.997. The zero-order valence-corrected chi connectivity index (χ0v) is 7.90. The second-order valence-electron chi connectivity index (χ2n) is 2.68. The summed E-state index contributed by atoms with van der Waals surface area (Å²) < 4.78 is 10.5. The highest BCUT2D eigenvalue weighted by molar-refractivity contribution is 5.13. The van der Waals surface area contributed by atoms with Crippen LogP contribution in [0.3, 0.4) is 0 Å². The number of hydrogen-bond donors (Lipinski definition) is 0. The molecule has 0 bridgehead atoms. The molecular formula is C11H15O2. The summed E-state index contributed by atoms with van der Waals surface area (Å²) in [4.78, 5) is 0. The average molecular weight is 179 g/mol. The molecule has 0 amide bonds. The second kappa shape index (κ2) is 5.73. The first-order chi connectivity index (χ1) is 6.33. The number of hydrogen-bond acceptors (Lipinski definition) is 2. The Kier molecular flexibility index (Phi) is 4.50. The van der Waals surface area contributed by atoms with Crippen molar-refractivity contribution in [2.24, 2.45) is 0 Å². The summed E-state index contributed by atoms with van der Waals surface area (Å²) >= 11 is 0. The van der Waals surface area contributed by atoms with Crippen LogP contribution < -0.4 is 0 Å². The number of ether oxygens (including phenoxy) is 2. The minimum Gasteiger partial charge on any atom is -0.353 e. The van der Waals surface area contributed by atoms with Gasteiger partial charge in [0.2, 0.25) is 0 Å². The van der Waals surface area contributed by atoms with Gasteiger partial charge in [-0.25, -0.2) is 0 Å². The Morgan fingerprint density at radius 3 is 2.54 bits per heavy atom. The monoisotopic (exact) mass is 179 g/mol. The lowest BCUT2D eigenvalue weighted by molar-refractivity contribution is -0.117. The quantitative estimate of drug-likeness (QED) is 0.646. The van der Waals surface area contributed by atoms with Crippen LogP contribution in [0.25, 0.3) is 0 Å².